The number of hydrogen-bond acceptors (Lipinski definition) is 3. The molecule has 1 heterocycles. The van der Waals surface area contributed by atoms with Crippen molar-refractivity contribution >= 4 is 17.3 Å². The molecule has 0 bridgehead atoms. The topological polar surface area (TPSA) is 32.5 Å². The molecule has 112 valence electrons. The van der Waals surface area contributed by atoms with Crippen molar-refractivity contribution in [1.82, 2.24) is 4.90 Å². The predicted molar refractivity (Wildman–Crippen MR) is 87.7 cm³/mol. The Morgan fingerprint density at radius 2 is 1.80 bits per heavy atom. The van der Waals surface area contributed by atoms with Crippen LogP contribution in [0, 0.1) is 0 Å². The summed E-state index contributed by atoms with van der Waals surface area (Å²) < 4.78 is 0. The lowest BCUT2D eigenvalue weighted by atomic mass is 10.1. The van der Waals surface area contributed by atoms with E-state index in [2.05, 4.69) is 41.8 Å². The summed E-state index contributed by atoms with van der Waals surface area (Å²) in [5.41, 5.74) is 8.22. The van der Waals surface area contributed by atoms with Crippen molar-refractivity contribution < 1.29 is 0 Å². The third-order valence-corrected chi connectivity index (χ3v) is 4.34. The van der Waals surface area contributed by atoms with Gasteiger partial charge in [-0.05, 0) is 44.9 Å². The minimum Gasteiger partial charge on any atom is -0.369 e. The zero-order valence-electron chi connectivity index (χ0n) is 12.8. The first-order valence-corrected chi connectivity index (χ1v) is 7.88. The van der Waals surface area contributed by atoms with Gasteiger partial charge in [-0.3, -0.25) is 4.90 Å². The smallest absolute Gasteiger partial charge is 0.0459 e. The maximum atomic E-state index is 6.38. The van der Waals surface area contributed by atoms with Crippen LogP contribution in [0.1, 0.15) is 26.3 Å². The number of nitrogens with zero attached hydrogens (tertiary/aromatic N) is 2. The molecule has 1 fully saturated rings. The van der Waals surface area contributed by atoms with Crippen molar-refractivity contribution in [2.45, 2.75) is 39.3 Å². The van der Waals surface area contributed by atoms with Gasteiger partial charge in [-0.25, -0.2) is 0 Å². The largest absolute Gasteiger partial charge is 0.369 e. The van der Waals surface area contributed by atoms with Gasteiger partial charge in [0.25, 0.3) is 0 Å². The minimum absolute atomic E-state index is 0.146. The molecule has 0 aliphatic carbocycles. The normalized spacial score (nSPS) is 18.6. The molecule has 1 aliphatic heterocycles. The zero-order valence-corrected chi connectivity index (χ0v) is 13.5. The van der Waals surface area contributed by atoms with Crippen LogP contribution in [-0.2, 0) is 6.42 Å². The van der Waals surface area contributed by atoms with Gasteiger partial charge in [0.15, 0.2) is 0 Å². The molecule has 0 saturated carbocycles. The number of halogens is 1. The van der Waals surface area contributed by atoms with E-state index in [0.29, 0.717) is 6.04 Å². The Morgan fingerprint density at radius 1 is 1.15 bits per heavy atom. The van der Waals surface area contributed by atoms with Crippen molar-refractivity contribution in [1.29, 1.82) is 0 Å². The van der Waals surface area contributed by atoms with Gasteiger partial charge in [0.1, 0.15) is 0 Å². The molecule has 0 radical (unpaired) electrons. The SMILES string of the molecule is CC(N)Cc1ccc(N2CCN(C(C)C)CC2)cc1Cl. The number of benzene rings is 1. The van der Waals surface area contributed by atoms with Gasteiger partial charge in [-0.1, -0.05) is 17.7 Å². The van der Waals surface area contributed by atoms with E-state index in [9.17, 15) is 0 Å². The Kier molecular flexibility index (Phi) is 5.30. The Labute approximate surface area is 127 Å². The quantitative estimate of drug-likeness (QED) is 0.927. The first-order chi connectivity index (χ1) is 9.47. The highest BCUT2D eigenvalue weighted by molar-refractivity contribution is 6.31. The van der Waals surface area contributed by atoms with E-state index in [4.69, 9.17) is 17.3 Å². The summed E-state index contributed by atoms with van der Waals surface area (Å²) in [5, 5.41) is 0.839. The van der Waals surface area contributed by atoms with E-state index in [-0.39, 0.29) is 6.04 Å². The molecule has 1 aromatic carbocycles. The lowest BCUT2D eigenvalue weighted by Crippen LogP contribution is -2.48. The molecule has 20 heavy (non-hydrogen) atoms. The molecule has 2 rings (SSSR count). The van der Waals surface area contributed by atoms with Gasteiger partial charge in [-0.15, -0.1) is 0 Å². The average molecular weight is 296 g/mol. The van der Waals surface area contributed by atoms with Crippen molar-refractivity contribution in [3.8, 4) is 0 Å². The number of piperazine rings is 1. The van der Waals surface area contributed by atoms with Gasteiger partial charge < -0.3 is 10.6 Å². The Hall–Kier alpha value is -0.770. The van der Waals surface area contributed by atoms with E-state index >= 15 is 0 Å². The summed E-state index contributed by atoms with van der Waals surface area (Å²) in [6.07, 6.45) is 0.834. The second-order valence-corrected chi connectivity index (χ2v) is 6.48. The summed E-state index contributed by atoms with van der Waals surface area (Å²) in [6, 6.07) is 7.16. The number of rotatable bonds is 4. The zero-order chi connectivity index (χ0) is 14.7. The van der Waals surface area contributed by atoms with Gasteiger partial charge in [0.2, 0.25) is 0 Å². The monoisotopic (exact) mass is 295 g/mol. The van der Waals surface area contributed by atoms with Crippen LogP contribution in [0.5, 0.6) is 0 Å². The molecule has 1 unspecified atom stereocenters. The van der Waals surface area contributed by atoms with E-state index in [1.165, 1.54) is 5.69 Å². The highest BCUT2D eigenvalue weighted by atomic mass is 35.5. The molecule has 4 heteroatoms. The summed E-state index contributed by atoms with van der Waals surface area (Å²) in [5.74, 6) is 0. The molecule has 3 nitrogen and oxygen atoms in total. The summed E-state index contributed by atoms with van der Waals surface area (Å²) in [6.45, 7) is 10.9. The maximum absolute atomic E-state index is 6.38. The molecular formula is C16H26ClN3. The van der Waals surface area contributed by atoms with Gasteiger partial charge in [0, 0.05) is 49.0 Å². The number of nitrogens with two attached hydrogens (primary N) is 1. The fourth-order valence-electron chi connectivity index (χ4n) is 2.74. The molecule has 0 amide bonds. The molecular weight excluding hydrogens is 270 g/mol. The van der Waals surface area contributed by atoms with E-state index in [1.807, 2.05) is 6.92 Å². The maximum Gasteiger partial charge on any atom is 0.0459 e. The van der Waals surface area contributed by atoms with Crippen molar-refractivity contribution in [3.63, 3.8) is 0 Å². The van der Waals surface area contributed by atoms with Crippen LogP contribution in [0.15, 0.2) is 18.2 Å². The van der Waals surface area contributed by atoms with E-state index in [1.54, 1.807) is 0 Å². The van der Waals surface area contributed by atoms with Crippen LogP contribution < -0.4 is 10.6 Å². The lowest BCUT2D eigenvalue weighted by Gasteiger charge is -2.38. The van der Waals surface area contributed by atoms with Crippen LogP contribution in [0.3, 0.4) is 0 Å². The predicted octanol–water partition coefficient (Wildman–Crippen LogP) is 2.76. The number of hydrogen-bond donors (Lipinski definition) is 1. The standard InChI is InChI=1S/C16H26ClN3/c1-12(2)19-6-8-20(9-7-19)15-5-4-14(10-13(3)18)16(17)11-15/h4-5,11-13H,6-10,18H2,1-3H3. The second kappa shape index (κ2) is 6.79. The molecule has 2 N–H and O–H groups in total. The van der Waals surface area contributed by atoms with E-state index in [0.717, 1.165) is 43.2 Å². The molecule has 0 aromatic heterocycles. The van der Waals surface area contributed by atoms with Gasteiger partial charge in [0.05, 0.1) is 0 Å². The average Bonchev–Trinajstić information content (AvgIpc) is 2.41. The lowest BCUT2D eigenvalue weighted by molar-refractivity contribution is 0.209. The number of anilines is 1. The Bertz CT molecular complexity index is 437. The minimum atomic E-state index is 0.146. The third-order valence-electron chi connectivity index (χ3n) is 3.99. The fourth-order valence-corrected chi connectivity index (χ4v) is 2.99. The van der Waals surface area contributed by atoms with Gasteiger partial charge >= 0.3 is 0 Å². The van der Waals surface area contributed by atoms with Crippen molar-refractivity contribution in [3.05, 3.63) is 28.8 Å². The molecule has 1 saturated heterocycles. The van der Waals surface area contributed by atoms with Crippen LogP contribution in [0.4, 0.5) is 5.69 Å². The van der Waals surface area contributed by atoms with Crippen LogP contribution in [-0.4, -0.2) is 43.2 Å². The van der Waals surface area contributed by atoms with Crippen LogP contribution in [0.25, 0.3) is 0 Å². The summed E-state index contributed by atoms with van der Waals surface area (Å²) >= 11 is 6.38. The van der Waals surface area contributed by atoms with Crippen molar-refractivity contribution in [2.24, 2.45) is 5.73 Å². The first kappa shape index (κ1) is 15.6. The Balaban J connectivity index is 2.02. The van der Waals surface area contributed by atoms with E-state index < -0.39 is 0 Å². The van der Waals surface area contributed by atoms with Crippen molar-refractivity contribution in [2.75, 3.05) is 31.1 Å². The highest BCUT2D eigenvalue weighted by Gasteiger charge is 2.19. The highest BCUT2D eigenvalue weighted by Crippen LogP contribution is 2.25. The molecule has 0 spiro atoms. The fraction of sp³-hybridized carbons (Fsp3) is 0.625. The third kappa shape index (κ3) is 3.87. The van der Waals surface area contributed by atoms with Crippen LogP contribution in [0.2, 0.25) is 5.02 Å². The van der Waals surface area contributed by atoms with Crippen LogP contribution >= 0.6 is 11.6 Å². The Morgan fingerprint density at radius 3 is 2.30 bits per heavy atom. The summed E-state index contributed by atoms with van der Waals surface area (Å²) in [7, 11) is 0. The first-order valence-electron chi connectivity index (χ1n) is 7.50. The second-order valence-electron chi connectivity index (χ2n) is 6.07. The van der Waals surface area contributed by atoms with Gasteiger partial charge in [-0.2, -0.15) is 0 Å². The molecule has 1 atom stereocenters. The summed E-state index contributed by atoms with van der Waals surface area (Å²) in [4.78, 5) is 4.93. The molecule has 1 aromatic rings. The molecule has 1 aliphatic rings.